The van der Waals surface area contributed by atoms with Gasteiger partial charge in [0.1, 0.15) is 5.75 Å². The van der Waals surface area contributed by atoms with E-state index in [1.165, 1.54) is 0 Å². The zero-order chi connectivity index (χ0) is 13.1. The van der Waals surface area contributed by atoms with E-state index in [9.17, 15) is 4.79 Å². The second-order valence-electron chi connectivity index (χ2n) is 4.32. The first-order valence-corrected chi connectivity index (χ1v) is 6.04. The van der Waals surface area contributed by atoms with Crippen molar-refractivity contribution >= 4 is 10.9 Å². The minimum absolute atomic E-state index is 0.0282. The van der Waals surface area contributed by atoms with Crippen LogP contribution in [0.4, 0.5) is 0 Å². The van der Waals surface area contributed by atoms with Gasteiger partial charge in [0.05, 0.1) is 12.6 Å². The summed E-state index contributed by atoms with van der Waals surface area (Å²) in [5.41, 5.74) is 7.17. The summed E-state index contributed by atoms with van der Waals surface area (Å²) in [6.45, 7) is 0.597. The number of pyridine rings is 1. The molecule has 0 saturated heterocycles. The van der Waals surface area contributed by atoms with E-state index in [1.807, 2.05) is 24.3 Å². The molecule has 0 aliphatic heterocycles. The minimum atomic E-state index is 0.0282. The van der Waals surface area contributed by atoms with Crippen LogP contribution >= 0.6 is 0 Å². The summed E-state index contributed by atoms with van der Waals surface area (Å²) in [7, 11) is 3.39. The molecule has 1 aromatic carbocycles. The maximum Gasteiger partial charge on any atom is 0.254 e. The van der Waals surface area contributed by atoms with Crippen molar-refractivity contribution in [2.45, 2.75) is 12.8 Å². The summed E-state index contributed by atoms with van der Waals surface area (Å²) in [6.07, 6.45) is 1.54. The zero-order valence-electron chi connectivity index (χ0n) is 10.8. The summed E-state index contributed by atoms with van der Waals surface area (Å²) in [5.74, 6) is 0.720. The lowest BCUT2D eigenvalue weighted by atomic mass is 10.1. The molecule has 0 atom stereocenters. The molecule has 0 aliphatic carbocycles. The van der Waals surface area contributed by atoms with Crippen molar-refractivity contribution in [2.24, 2.45) is 12.8 Å². The van der Waals surface area contributed by atoms with Gasteiger partial charge in [-0.05, 0) is 31.5 Å². The molecule has 0 unspecified atom stereocenters. The molecule has 2 N–H and O–H groups in total. The molecule has 4 nitrogen and oxygen atoms in total. The van der Waals surface area contributed by atoms with Crippen LogP contribution in [0.2, 0.25) is 0 Å². The van der Waals surface area contributed by atoms with Gasteiger partial charge in [0.25, 0.3) is 5.56 Å². The van der Waals surface area contributed by atoms with E-state index >= 15 is 0 Å². The van der Waals surface area contributed by atoms with Gasteiger partial charge in [-0.1, -0.05) is 12.1 Å². The molecule has 96 valence electrons. The fourth-order valence-corrected chi connectivity index (χ4v) is 2.22. The third-order valence-electron chi connectivity index (χ3n) is 3.14. The number of ether oxygens (including phenoxy) is 1. The molecule has 2 aromatic rings. The number of nitrogens with zero attached hydrogens (tertiary/aromatic N) is 1. The number of nitrogens with two attached hydrogens (primary N) is 1. The molecule has 1 heterocycles. The topological polar surface area (TPSA) is 57.2 Å². The Labute approximate surface area is 106 Å². The first-order valence-electron chi connectivity index (χ1n) is 6.04. The summed E-state index contributed by atoms with van der Waals surface area (Å²) in [4.78, 5) is 12.2. The second kappa shape index (κ2) is 5.23. The van der Waals surface area contributed by atoms with Gasteiger partial charge in [-0.15, -0.1) is 0 Å². The normalized spacial score (nSPS) is 10.8. The van der Waals surface area contributed by atoms with Gasteiger partial charge < -0.3 is 15.0 Å². The van der Waals surface area contributed by atoms with E-state index < -0.39 is 0 Å². The molecular weight excluding hydrogens is 228 g/mol. The van der Waals surface area contributed by atoms with Gasteiger partial charge in [0.15, 0.2) is 0 Å². The number of rotatable bonds is 4. The van der Waals surface area contributed by atoms with Crippen LogP contribution in [0, 0.1) is 0 Å². The summed E-state index contributed by atoms with van der Waals surface area (Å²) in [5, 5.41) is 1.02. The van der Waals surface area contributed by atoms with Crippen molar-refractivity contribution in [1.82, 2.24) is 4.57 Å². The fourth-order valence-electron chi connectivity index (χ4n) is 2.22. The van der Waals surface area contributed by atoms with Gasteiger partial charge in [0.2, 0.25) is 0 Å². The van der Waals surface area contributed by atoms with Crippen LogP contribution in [0.5, 0.6) is 5.75 Å². The molecular formula is C14H18N2O2. The maximum absolute atomic E-state index is 12.2. The average molecular weight is 246 g/mol. The molecule has 0 aliphatic rings. The smallest absolute Gasteiger partial charge is 0.254 e. The molecule has 0 fully saturated rings. The van der Waals surface area contributed by atoms with E-state index in [4.69, 9.17) is 10.5 Å². The number of para-hydroxylation sites is 1. The SMILES string of the molecule is COc1cccc2cc(CCCN)c(=O)n(C)c12. The fraction of sp³-hybridized carbons (Fsp3) is 0.357. The van der Waals surface area contributed by atoms with Gasteiger partial charge in [-0.2, -0.15) is 0 Å². The first-order chi connectivity index (χ1) is 8.69. The van der Waals surface area contributed by atoms with Crippen molar-refractivity contribution in [3.63, 3.8) is 0 Å². The van der Waals surface area contributed by atoms with E-state index in [0.29, 0.717) is 6.54 Å². The Morgan fingerprint density at radius 3 is 2.83 bits per heavy atom. The average Bonchev–Trinajstić information content (AvgIpc) is 2.40. The zero-order valence-corrected chi connectivity index (χ0v) is 10.8. The van der Waals surface area contributed by atoms with Crippen LogP contribution in [-0.4, -0.2) is 18.2 Å². The molecule has 0 bridgehead atoms. The molecule has 1 aromatic heterocycles. The van der Waals surface area contributed by atoms with E-state index in [1.54, 1.807) is 18.7 Å². The Morgan fingerprint density at radius 1 is 1.39 bits per heavy atom. The number of benzene rings is 1. The van der Waals surface area contributed by atoms with Crippen LogP contribution in [0.3, 0.4) is 0 Å². The van der Waals surface area contributed by atoms with Crippen LogP contribution in [0.1, 0.15) is 12.0 Å². The Morgan fingerprint density at radius 2 is 2.17 bits per heavy atom. The monoisotopic (exact) mass is 246 g/mol. The van der Waals surface area contributed by atoms with Gasteiger partial charge >= 0.3 is 0 Å². The van der Waals surface area contributed by atoms with Crippen LogP contribution in [0.25, 0.3) is 10.9 Å². The third-order valence-corrected chi connectivity index (χ3v) is 3.14. The molecule has 4 heteroatoms. The van der Waals surface area contributed by atoms with E-state index in [0.717, 1.165) is 35.1 Å². The summed E-state index contributed by atoms with van der Waals surface area (Å²) < 4.78 is 6.96. The lowest BCUT2D eigenvalue weighted by molar-refractivity contribution is 0.417. The predicted octanol–water partition coefficient (Wildman–Crippen LogP) is 1.44. The first kappa shape index (κ1) is 12.6. The highest BCUT2D eigenvalue weighted by molar-refractivity contribution is 5.85. The van der Waals surface area contributed by atoms with E-state index in [-0.39, 0.29) is 5.56 Å². The van der Waals surface area contributed by atoms with Crippen molar-refractivity contribution in [3.05, 3.63) is 40.2 Å². The van der Waals surface area contributed by atoms with Gasteiger partial charge in [-0.3, -0.25) is 4.79 Å². The van der Waals surface area contributed by atoms with Crippen molar-refractivity contribution in [2.75, 3.05) is 13.7 Å². The van der Waals surface area contributed by atoms with Crippen LogP contribution in [-0.2, 0) is 13.5 Å². The molecule has 0 spiro atoms. The van der Waals surface area contributed by atoms with Crippen molar-refractivity contribution in [1.29, 1.82) is 0 Å². The number of fused-ring (bicyclic) bond motifs is 1. The van der Waals surface area contributed by atoms with Crippen molar-refractivity contribution < 1.29 is 4.74 Å². The second-order valence-corrected chi connectivity index (χ2v) is 4.32. The molecule has 0 amide bonds. The molecule has 0 radical (unpaired) electrons. The Bertz CT molecular complexity index is 617. The van der Waals surface area contributed by atoms with Crippen LogP contribution in [0.15, 0.2) is 29.1 Å². The Kier molecular flexibility index (Phi) is 3.67. The van der Waals surface area contributed by atoms with Gasteiger partial charge in [0, 0.05) is 18.0 Å². The third kappa shape index (κ3) is 2.11. The lowest BCUT2D eigenvalue weighted by Crippen LogP contribution is -2.22. The molecule has 18 heavy (non-hydrogen) atoms. The number of aryl methyl sites for hydroxylation is 2. The Hall–Kier alpha value is -1.81. The van der Waals surface area contributed by atoms with Gasteiger partial charge in [-0.25, -0.2) is 0 Å². The largest absolute Gasteiger partial charge is 0.495 e. The highest BCUT2D eigenvalue weighted by Crippen LogP contribution is 2.24. The quantitative estimate of drug-likeness (QED) is 0.888. The lowest BCUT2D eigenvalue weighted by Gasteiger charge is -2.11. The highest BCUT2D eigenvalue weighted by Gasteiger charge is 2.09. The predicted molar refractivity (Wildman–Crippen MR) is 73.1 cm³/mol. The number of hydrogen-bond donors (Lipinski definition) is 1. The van der Waals surface area contributed by atoms with E-state index in [2.05, 4.69) is 0 Å². The maximum atomic E-state index is 12.2. The summed E-state index contributed by atoms with van der Waals surface area (Å²) >= 11 is 0. The van der Waals surface area contributed by atoms with Crippen molar-refractivity contribution in [3.8, 4) is 5.75 Å². The number of hydrogen-bond acceptors (Lipinski definition) is 3. The minimum Gasteiger partial charge on any atom is -0.495 e. The number of methoxy groups -OCH3 is 1. The molecule has 0 saturated carbocycles. The highest BCUT2D eigenvalue weighted by atomic mass is 16.5. The van der Waals surface area contributed by atoms with Crippen LogP contribution < -0.4 is 16.0 Å². The number of aromatic nitrogens is 1. The molecule has 2 rings (SSSR count). The summed E-state index contributed by atoms with van der Waals surface area (Å²) in [6, 6.07) is 7.72. The Balaban J connectivity index is 2.67. The standard InChI is InChI=1S/C14H18N2O2/c1-16-13-10(5-3-7-12(13)18-2)9-11(14(16)17)6-4-8-15/h3,5,7,9H,4,6,8,15H2,1-2H3.